The molecule has 1 aromatic rings. The van der Waals surface area contributed by atoms with Crippen LogP contribution in [0.25, 0.3) is 0 Å². The van der Waals surface area contributed by atoms with Crippen molar-refractivity contribution >= 4 is 5.96 Å². The lowest BCUT2D eigenvalue weighted by molar-refractivity contribution is 0.111. The monoisotopic (exact) mass is 350 g/mol. The summed E-state index contributed by atoms with van der Waals surface area (Å²) >= 11 is 0. The van der Waals surface area contributed by atoms with Gasteiger partial charge in [-0.15, -0.1) is 0 Å². The molecule has 0 heterocycles. The molecule has 1 aromatic carbocycles. The predicted octanol–water partition coefficient (Wildman–Crippen LogP) is 1.90. The van der Waals surface area contributed by atoms with E-state index in [4.69, 9.17) is 9.47 Å². The summed E-state index contributed by atoms with van der Waals surface area (Å²) in [5.41, 5.74) is 1.14. The van der Waals surface area contributed by atoms with Gasteiger partial charge >= 0.3 is 0 Å². The minimum Gasteiger partial charge on any atom is -0.385 e. The van der Waals surface area contributed by atoms with Gasteiger partial charge in [-0.05, 0) is 26.0 Å². The van der Waals surface area contributed by atoms with Crippen molar-refractivity contribution < 1.29 is 9.47 Å². The number of nitrogens with one attached hydrogen (secondary N) is 2. The van der Waals surface area contributed by atoms with Crippen LogP contribution in [0, 0.1) is 0 Å². The first-order valence-corrected chi connectivity index (χ1v) is 8.98. The number of methoxy groups -OCH3 is 2. The van der Waals surface area contributed by atoms with Gasteiger partial charge in [0.15, 0.2) is 5.96 Å². The van der Waals surface area contributed by atoms with Crippen molar-refractivity contribution in [3.8, 4) is 0 Å². The highest BCUT2D eigenvalue weighted by Gasteiger charge is 2.09. The Morgan fingerprint density at radius 1 is 1.16 bits per heavy atom. The Bertz CT molecular complexity index is 468. The molecule has 0 radical (unpaired) electrons. The second kappa shape index (κ2) is 13.6. The first kappa shape index (κ1) is 21.4. The first-order chi connectivity index (χ1) is 12.2. The van der Waals surface area contributed by atoms with E-state index in [0.717, 1.165) is 50.7 Å². The number of guanidine groups is 1. The highest BCUT2D eigenvalue weighted by Crippen LogP contribution is 2.16. The Morgan fingerprint density at radius 3 is 2.56 bits per heavy atom. The van der Waals surface area contributed by atoms with Crippen LogP contribution in [-0.2, 0) is 9.47 Å². The molecule has 25 heavy (non-hydrogen) atoms. The Balaban J connectivity index is 2.44. The molecular weight excluding hydrogens is 316 g/mol. The number of nitrogens with zero attached hydrogens (tertiary/aromatic N) is 2. The third-order valence-corrected chi connectivity index (χ3v) is 3.89. The number of aliphatic imine (C=N–C) groups is 1. The van der Waals surface area contributed by atoms with Gasteiger partial charge in [0.25, 0.3) is 0 Å². The van der Waals surface area contributed by atoms with Gasteiger partial charge in [-0.25, -0.2) is 0 Å². The van der Waals surface area contributed by atoms with Gasteiger partial charge in [0, 0.05) is 47.0 Å². The van der Waals surface area contributed by atoms with Gasteiger partial charge in [-0.1, -0.05) is 30.3 Å². The van der Waals surface area contributed by atoms with Crippen molar-refractivity contribution in [2.75, 3.05) is 60.6 Å². The molecule has 0 bridgehead atoms. The lowest BCUT2D eigenvalue weighted by Gasteiger charge is -2.19. The molecule has 142 valence electrons. The van der Waals surface area contributed by atoms with E-state index in [1.54, 1.807) is 14.2 Å². The molecule has 1 unspecified atom stereocenters. The Hall–Kier alpha value is -1.63. The van der Waals surface area contributed by atoms with Crippen LogP contribution in [0.2, 0.25) is 0 Å². The standard InChI is InChI=1S/C19H34N4O2/c1-5-20-19(21-12-14-23(2)13-9-15-24-3)22-16-18(25-4)17-10-7-6-8-11-17/h6-8,10-11,18H,5,9,12-16H2,1-4H3,(H2,20,21,22). The predicted molar refractivity (Wildman–Crippen MR) is 104 cm³/mol. The SMILES string of the molecule is CCNC(=NCC(OC)c1ccccc1)NCCN(C)CCCOC. The molecule has 0 aliphatic rings. The van der Waals surface area contributed by atoms with E-state index in [0.29, 0.717) is 6.54 Å². The largest absolute Gasteiger partial charge is 0.385 e. The lowest BCUT2D eigenvalue weighted by atomic mass is 10.1. The number of rotatable bonds is 12. The summed E-state index contributed by atoms with van der Waals surface area (Å²) in [4.78, 5) is 6.95. The maximum Gasteiger partial charge on any atom is 0.191 e. The fourth-order valence-electron chi connectivity index (χ4n) is 2.46. The number of benzene rings is 1. The first-order valence-electron chi connectivity index (χ1n) is 8.98. The van der Waals surface area contributed by atoms with Gasteiger partial charge in [-0.3, -0.25) is 4.99 Å². The van der Waals surface area contributed by atoms with Gasteiger partial charge < -0.3 is 25.0 Å². The molecule has 1 rings (SSSR count). The molecule has 6 nitrogen and oxygen atoms in total. The van der Waals surface area contributed by atoms with Gasteiger partial charge in [0.1, 0.15) is 6.10 Å². The number of hydrogen-bond donors (Lipinski definition) is 2. The maximum absolute atomic E-state index is 5.58. The summed E-state index contributed by atoms with van der Waals surface area (Å²) in [6, 6.07) is 10.2. The van der Waals surface area contributed by atoms with Crippen LogP contribution in [0.4, 0.5) is 0 Å². The number of ether oxygens (including phenoxy) is 2. The third-order valence-electron chi connectivity index (χ3n) is 3.89. The zero-order valence-corrected chi connectivity index (χ0v) is 16.1. The highest BCUT2D eigenvalue weighted by atomic mass is 16.5. The van der Waals surface area contributed by atoms with Crippen molar-refractivity contribution in [3.63, 3.8) is 0 Å². The molecule has 0 amide bonds. The molecule has 0 spiro atoms. The molecule has 1 atom stereocenters. The van der Waals surface area contributed by atoms with Crippen LogP contribution in [0.3, 0.4) is 0 Å². The van der Waals surface area contributed by atoms with E-state index in [9.17, 15) is 0 Å². The van der Waals surface area contributed by atoms with Crippen LogP contribution in [-0.4, -0.2) is 71.5 Å². The molecule has 2 N–H and O–H groups in total. The van der Waals surface area contributed by atoms with Crippen molar-refractivity contribution in [3.05, 3.63) is 35.9 Å². The van der Waals surface area contributed by atoms with Crippen molar-refractivity contribution in [2.45, 2.75) is 19.4 Å². The molecule has 0 aliphatic heterocycles. The van der Waals surface area contributed by atoms with Crippen LogP contribution in [0.1, 0.15) is 25.0 Å². The molecular formula is C19H34N4O2. The van der Waals surface area contributed by atoms with Gasteiger partial charge in [0.05, 0.1) is 6.54 Å². The number of hydrogen-bond acceptors (Lipinski definition) is 4. The Labute approximate surface area is 152 Å². The van der Waals surface area contributed by atoms with Crippen LogP contribution >= 0.6 is 0 Å². The van der Waals surface area contributed by atoms with E-state index in [2.05, 4.69) is 46.6 Å². The highest BCUT2D eigenvalue weighted by molar-refractivity contribution is 5.79. The summed E-state index contributed by atoms with van der Waals surface area (Å²) in [5, 5.41) is 6.67. The fraction of sp³-hybridized carbons (Fsp3) is 0.632. The van der Waals surface area contributed by atoms with Crippen molar-refractivity contribution in [1.29, 1.82) is 0 Å². The van der Waals surface area contributed by atoms with Crippen molar-refractivity contribution in [1.82, 2.24) is 15.5 Å². The average molecular weight is 351 g/mol. The fourth-order valence-corrected chi connectivity index (χ4v) is 2.46. The summed E-state index contributed by atoms with van der Waals surface area (Å²) in [5.74, 6) is 0.825. The Kier molecular flexibility index (Phi) is 11.7. The van der Waals surface area contributed by atoms with E-state index >= 15 is 0 Å². The second-order valence-corrected chi connectivity index (χ2v) is 5.93. The van der Waals surface area contributed by atoms with E-state index in [1.165, 1.54) is 0 Å². The normalized spacial score (nSPS) is 13.1. The molecule has 6 heteroatoms. The molecule has 0 fully saturated rings. The topological polar surface area (TPSA) is 58.1 Å². The summed E-state index contributed by atoms with van der Waals surface area (Å²) in [6.07, 6.45) is 1.02. The third kappa shape index (κ3) is 9.43. The summed E-state index contributed by atoms with van der Waals surface area (Å²) in [6.45, 7) is 7.12. The van der Waals surface area contributed by atoms with Gasteiger partial charge in [-0.2, -0.15) is 0 Å². The quantitative estimate of drug-likeness (QED) is 0.343. The number of likely N-dealkylation sites (N-methyl/N-ethyl adjacent to an activating group) is 1. The zero-order chi connectivity index (χ0) is 18.3. The molecule has 0 aromatic heterocycles. The maximum atomic E-state index is 5.58. The minimum atomic E-state index is -0.0339. The summed E-state index contributed by atoms with van der Waals surface area (Å²) < 4.78 is 10.7. The van der Waals surface area contributed by atoms with Crippen LogP contribution in [0.5, 0.6) is 0 Å². The Morgan fingerprint density at radius 2 is 1.92 bits per heavy atom. The summed E-state index contributed by atoms with van der Waals surface area (Å²) in [7, 11) is 5.59. The van der Waals surface area contributed by atoms with Crippen LogP contribution in [0.15, 0.2) is 35.3 Å². The zero-order valence-electron chi connectivity index (χ0n) is 16.1. The van der Waals surface area contributed by atoms with Gasteiger partial charge in [0.2, 0.25) is 0 Å². The molecule has 0 saturated heterocycles. The molecule has 0 aliphatic carbocycles. The van der Waals surface area contributed by atoms with E-state index in [-0.39, 0.29) is 6.10 Å². The lowest BCUT2D eigenvalue weighted by Crippen LogP contribution is -2.41. The second-order valence-electron chi connectivity index (χ2n) is 5.93. The van der Waals surface area contributed by atoms with E-state index < -0.39 is 0 Å². The smallest absolute Gasteiger partial charge is 0.191 e. The van der Waals surface area contributed by atoms with Crippen LogP contribution < -0.4 is 10.6 Å². The van der Waals surface area contributed by atoms with Crippen molar-refractivity contribution in [2.24, 2.45) is 4.99 Å². The van der Waals surface area contributed by atoms with E-state index in [1.807, 2.05) is 18.2 Å². The minimum absolute atomic E-state index is 0.0339. The average Bonchev–Trinajstić information content (AvgIpc) is 2.63. The molecule has 0 saturated carbocycles.